The van der Waals surface area contributed by atoms with Gasteiger partial charge in [0.05, 0.1) is 4.92 Å². The monoisotopic (exact) mass is 298 g/mol. The van der Waals surface area contributed by atoms with Crippen LogP contribution in [0.5, 0.6) is 0 Å². The van der Waals surface area contributed by atoms with E-state index in [4.69, 9.17) is 11.6 Å². The van der Waals surface area contributed by atoms with Crippen LogP contribution in [-0.2, 0) is 0 Å². The lowest BCUT2D eigenvalue weighted by Crippen LogP contribution is -2.26. The first-order valence-electron chi connectivity index (χ1n) is 6.66. The third-order valence-corrected chi connectivity index (χ3v) is 3.29. The number of halogens is 1. The largest absolute Gasteiger partial charge is 0.352 e. The van der Waals surface area contributed by atoms with Gasteiger partial charge in [-0.05, 0) is 25.3 Å². The average Bonchev–Trinajstić information content (AvgIpc) is 2.42. The Labute approximate surface area is 123 Å². The van der Waals surface area contributed by atoms with Gasteiger partial charge in [0.1, 0.15) is 5.56 Å². The molecule has 0 fully saturated rings. The summed E-state index contributed by atoms with van der Waals surface area (Å²) in [5, 5.41) is 13.7. The molecule has 0 radical (unpaired) electrons. The molecule has 0 aliphatic rings. The SMILES string of the molecule is Cc1cccc([N+](=O)[O-])c1C(=O)NCCCCCCCl. The summed E-state index contributed by atoms with van der Waals surface area (Å²) in [5.41, 5.74) is 0.613. The van der Waals surface area contributed by atoms with Crippen molar-refractivity contribution in [1.82, 2.24) is 5.32 Å². The molecule has 0 saturated heterocycles. The third kappa shape index (κ3) is 4.81. The van der Waals surface area contributed by atoms with Gasteiger partial charge < -0.3 is 5.32 Å². The summed E-state index contributed by atoms with van der Waals surface area (Å²) in [6.45, 7) is 2.22. The summed E-state index contributed by atoms with van der Waals surface area (Å²) < 4.78 is 0. The Morgan fingerprint density at radius 1 is 1.30 bits per heavy atom. The van der Waals surface area contributed by atoms with Gasteiger partial charge in [-0.25, -0.2) is 0 Å². The van der Waals surface area contributed by atoms with E-state index in [1.54, 1.807) is 19.1 Å². The Kier molecular flexibility index (Phi) is 7.01. The minimum Gasteiger partial charge on any atom is -0.352 e. The summed E-state index contributed by atoms with van der Waals surface area (Å²) in [6, 6.07) is 4.63. The standard InChI is InChI=1S/C14H19ClN2O3/c1-11-7-6-8-12(17(19)20)13(11)14(18)16-10-5-3-2-4-9-15/h6-8H,2-5,9-10H2,1H3,(H,16,18). The highest BCUT2D eigenvalue weighted by Crippen LogP contribution is 2.21. The van der Waals surface area contributed by atoms with E-state index in [1.165, 1.54) is 6.07 Å². The first kappa shape index (κ1) is 16.4. The number of nitrogens with one attached hydrogen (secondary N) is 1. The van der Waals surface area contributed by atoms with Crippen molar-refractivity contribution in [3.8, 4) is 0 Å². The highest BCUT2D eigenvalue weighted by Gasteiger charge is 2.21. The number of rotatable bonds is 8. The van der Waals surface area contributed by atoms with Gasteiger partial charge in [-0.15, -0.1) is 11.6 Å². The van der Waals surface area contributed by atoms with Crippen LogP contribution in [0.1, 0.15) is 41.6 Å². The molecular formula is C14H19ClN2O3. The number of unbranched alkanes of at least 4 members (excludes halogenated alkanes) is 3. The molecule has 0 bridgehead atoms. The second-order valence-electron chi connectivity index (χ2n) is 4.59. The van der Waals surface area contributed by atoms with Crippen LogP contribution in [0.3, 0.4) is 0 Å². The van der Waals surface area contributed by atoms with Crippen LogP contribution in [0.4, 0.5) is 5.69 Å². The molecule has 0 heterocycles. The van der Waals surface area contributed by atoms with Gasteiger partial charge in [0, 0.05) is 18.5 Å². The number of nitro groups is 1. The predicted octanol–water partition coefficient (Wildman–Crippen LogP) is 3.43. The van der Waals surface area contributed by atoms with Crippen LogP contribution < -0.4 is 5.32 Å². The van der Waals surface area contributed by atoms with Crippen molar-refractivity contribution in [3.63, 3.8) is 0 Å². The van der Waals surface area contributed by atoms with Crippen LogP contribution >= 0.6 is 11.6 Å². The highest BCUT2D eigenvalue weighted by molar-refractivity contribution is 6.17. The Balaban J connectivity index is 2.57. The first-order valence-corrected chi connectivity index (χ1v) is 7.19. The molecule has 1 N–H and O–H groups in total. The molecule has 0 aliphatic carbocycles. The molecule has 5 nitrogen and oxygen atoms in total. The summed E-state index contributed by atoms with van der Waals surface area (Å²) in [4.78, 5) is 22.5. The summed E-state index contributed by atoms with van der Waals surface area (Å²) in [6.07, 6.45) is 3.84. The zero-order valence-electron chi connectivity index (χ0n) is 11.5. The van der Waals surface area contributed by atoms with Crippen molar-refractivity contribution in [2.75, 3.05) is 12.4 Å². The van der Waals surface area contributed by atoms with Crippen LogP contribution in [0, 0.1) is 17.0 Å². The van der Waals surface area contributed by atoms with E-state index in [0.717, 1.165) is 25.7 Å². The zero-order chi connectivity index (χ0) is 15.0. The van der Waals surface area contributed by atoms with Gasteiger partial charge >= 0.3 is 0 Å². The van der Waals surface area contributed by atoms with Gasteiger partial charge in [-0.2, -0.15) is 0 Å². The van der Waals surface area contributed by atoms with E-state index in [0.29, 0.717) is 18.0 Å². The number of nitro benzene ring substituents is 1. The maximum atomic E-state index is 12.0. The van der Waals surface area contributed by atoms with Crippen molar-refractivity contribution in [2.45, 2.75) is 32.6 Å². The second kappa shape index (κ2) is 8.53. The number of alkyl halides is 1. The molecule has 1 aromatic carbocycles. The molecule has 6 heteroatoms. The number of carbonyl (C=O) groups is 1. The van der Waals surface area contributed by atoms with Crippen molar-refractivity contribution >= 4 is 23.2 Å². The molecule has 0 spiro atoms. The zero-order valence-corrected chi connectivity index (χ0v) is 12.3. The van der Waals surface area contributed by atoms with Crippen LogP contribution in [0.25, 0.3) is 0 Å². The molecule has 1 rings (SSSR count). The van der Waals surface area contributed by atoms with Gasteiger partial charge in [0.2, 0.25) is 0 Å². The molecular weight excluding hydrogens is 280 g/mol. The molecule has 0 unspecified atom stereocenters. The number of carbonyl (C=O) groups excluding carboxylic acids is 1. The smallest absolute Gasteiger partial charge is 0.282 e. The Hall–Kier alpha value is -1.62. The Morgan fingerprint density at radius 3 is 2.65 bits per heavy atom. The van der Waals surface area contributed by atoms with Crippen LogP contribution in [0.15, 0.2) is 18.2 Å². The van der Waals surface area contributed by atoms with Gasteiger partial charge in [-0.1, -0.05) is 25.0 Å². The second-order valence-corrected chi connectivity index (χ2v) is 4.96. The fourth-order valence-corrected chi connectivity index (χ4v) is 2.15. The molecule has 0 atom stereocenters. The number of benzene rings is 1. The van der Waals surface area contributed by atoms with E-state index in [1.807, 2.05) is 0 Å². The molecule has 20 heavy (non-hydrogen) atoms. The molecule has 110 valence electrons. The minimum absolute atomic E-state index is 0.148. The first-order chi connectivity index (χ1) is 9.57. The average molecular weight is 299 g/mol. The Bertz CT molecular complexity index is 477. The lowest BCUT2D eigenvalue weighted by Gasteiger charge is -2.08. The van der Waals surface area contributed by atoms with Crippen molar-refractivity contribution in [3.05, 3.63) is 39.4 Å². The number of hydrogen-bond donors (Lipinski definition) is 1. The van der Waals surface area contributed by atoms with Crippen molar-refractivity contribution in [2.24, 2.45) is 0 Å². The van der Waals surface area contributed by atoms with Crippen molar-refractivity contribution in [1.29, 1.82) is 0 Å². The summed E-state index contributed by atoms with van der Waals surface area (Å²) in [5.74, 6) is 0.272. The van der Waals surface area contributed by atoms with E-state index in [2.05, 4.69) is 5.32 Å². The normalized spacial score (nSPS) is 10.3. The van der Waals surface area contributed by atoms with E-state index in [9.17, 15) is 14.9 Å². The topological polar surface area (TPSA) is 72.2 Å². The summed E-state index contributed by atoms with van der Waals surface area (Å²) in [7, 11) is 0. The number of amides is 1. The predicted molar refractivity (Wildman–Crippen MR) is 79.4 cm³/mol. The molecule has 0 saturated carbocycles. The number of hydrogen-bond acceptors (Lipinski definition) is 3. The van der Waals surface area contributed by atoms with E-state index in [-0.39, 0.29) is 17.2 Å². The van der Waals surface area contributed by atoms with Gasteiger partial charge in [-0.3, -0.25) is 14.9 Å². The van der Waals surface area contributed by atoms with Crippen molar-refractivity contribution < 1.29 is 9.72 Å². The van der Waals surface area contributed by atoms with E-state index >= 15 is 0 Å². The molecule has 1 amide bonds. The fourth-order valence-electron chi connectivity index (χ4n) is 1.96. The number of nitrogens with zero attached hydrogens (tertiary/aromatic N) is 1. The van der Waals surface area contributed by atoms with Crippen LogP contribution in [0.2, 0.25) is 0 Å². The van der Waals surface area contributed by atoms with E-state index < -0.39 is 4.92 Å². The minimum atomic E-state index is -0.525. The van der Waals surface area contributed by atoms with Gasteiger partial charge in [0.25, 0.3) is 11.6 Å². The molecule has 1 aromatic rings. The quantitative estimate of drug-likeness (QED) is 0.346. The Morgan fingerprint density at radius 2 is 2.00 bits per heavy atom. The lowest BCUT2D eigenvalue weighted by atomic mass is 10.1. The molecule has 0 aliphatic heterocycles. The molecule has 0 aromatic heterocycles. The van der Waals surface area contributed by atoms with Crippen LogP contribution in [-0.4, -0.2) is 23.3 Å². The maximum Gasteiger partial charge on any atom is 0.282 e. The lowest BCUT2D eigenvalue weighted by molar-refractivity contribution is -0.385. The van der Waals surface area contributed by atoms with Gasteiger partial charge in [0.15, 0.2) is 0 Å². The maximum absolute atomic E-state index is 12.0. The number of aryl methyl sites for hydroxylation is 1. The highest BCUT2D eigenvalue weighted by atomic mass is 35.5. The summed E-state index contributed by atoms with van der Waals surface area (Å²) >= 11 is 5.58. The fraction of sp³-hybridized carbons (Fsp3) is 0.500. The third-order valence-electron chi connectivity index (χ3n) is 3.02.